The van der Waals surface area contributed by atoms with Gasteiger partial charge in [-0.15, -0.1) is 0 Å². The molecule has 0 saturated carbocycles. The van der Waals surface area contributed by atoms with E-state index in [2.05, 4.69) is 5.32 Å². The molecule has 0 radical (unpaired) electrons. The Hall–Kier alpha value is -2.67. The molecule has 6 nitrogen and oxygen atoms in total. The van der Waals surface area contributed by atoms with Crippen LogP contribution < -0.4 is 5.32 Å². The number of amides is 2. The number of aliphatic hydroxyl groups is 1. The summed E-state index contributed by atoms with van der Waals surface area (Å²) < 4.78 is 18.0. The molecule has 2 N–H and O–H groups in total. The van der Waals surface area contributed by atoms with E-state index in [9.17, 15) is 19.1 Å². The first-order chi connectivity index (χ1) is 12.1. The largest absolute Gasteiger partial charge is 0.459 e. The summed E-state index contributed by atoms with van der Waals surface area (Å²) in [5.74, 6) is -0.829. The molecule has 2 amide bonds. The van der Waals surface area contributed by atoms with Crippen molar-refractivity contribution < 1.29 is 23.5 Å². The minimum atomic E-state index is -0.944. The molecule has 0 spiro atoms. The van der Waals surface area contributed by atoms with Gasteiger partial charge in [-0.2, -0.15) is 0 Å². The third-order valence-corrected chi connectivity index (χ3v) is 4.27. The maximum absolute atomic E-state index is 12.9. The van der Waals surface area contributed by atoms with E-state index in [1.165, 1.54) is 35.4 Å². The van der Waals surface area contributed by atoms with Crippen molar-refractivity contribution in [2.75, 3.05) is 13.1 Å². The predicted octanol–water partition coefficient (Wildman–Crippen LogP) is 1.87. The third-order valence-electron chi connectivity index (χ3n) is 4.27. The van der Waals surface area contributed by atoms with E-state index >= 15 is 0 Å². The van der Waals surface area contributed by atoms with Crippen molar-refractivity contribution in [3.05, 3.63) is 59.8 Å². The number of hydrogen-bond acceptors (Lipinski definition) is 4. The highest BCUT2D eigenvalue weighted by Crippen LogP contribution is 2.21. The number of carbonyl (C=O) groups excluding carboxylic acids is 2. The van der Waals surface area contributed by atoms with E-state index in [0.29, 0.717) is 18.5 Å². The Bertz CT molecular complexity index is 730. The summed E-state index contributed by atoms with van der Waals surface area (Å²) in [6, 6.07) is 8.04. The second-order valence-electron chi connectivity index (χ2n) is 5.95. The number of furan rings is 1. The molecule has 1 aromatic carbocycles. The molecular formula is C18H19FN2O4. The Balaban J connectivity index is 1.58. The maximum Gasteiger partial charge on any atom is 0.290 e. The lowest BCUT2D eigenvalue weighted by Gasteiger charge is -2.23. The Kier molecular flexibility index (Phi) is 5.14. The lowest BCUT2D eigenvalue weighted by Crippen LogP contribution is -2.46. The molecule has 1 aliphatic heterocycles. The Morgan fingerprint density at radius 1 is 1.32 bits per heavy atom. The predicted molar refractivity (Wildman–Crippen MR) is 87.1 cm³/mol. The molecule has 2 atom stereocenters. The fourth-order valence-corrected chi connectivity index (χ4v) is 2.94. The highest BCUT2D eigenvalue weighted by Gasteiger charge is 2.35. The first-order valence-electron chi connectivity index (χ1n) is 8.12. The van der Waals surface area contributed by atoms with Crippen LogP contribution in [0.3, 0.4) is 0 Å². The summed E-state index contributed by atoms with van der Waals surface area (Å²) in [6.45, 7) is 0.474. The number of rotatable bonds is 5. The van der Waals surface area contributed by atoms with E-state index in [1.807, 2.05) is 0 Å². The lowest BCUT2D eigenvalue weighted by molar-refractivity contribution is -0.125. The standard InChI is InChI=1S/C18H19FN2O4/c19-13-7-5-12(6-8-13)15(22)11-20-17(23)14-3-1-9-21(14)18(24)16-4-2-10-25-16/h2,4-8,10,14-15,22H,1,3,9,11H2,(H,20,23). The summed E-state index contributed by atoms with van der Waals surface area (Å²) in [5.41, 5.74) is 0.511. The van der Waals surface area contributed by atoms with E-state index in [-0.39, 0.29) is 24.1 Å². The van der Waals surface area contributed by atoms with Crippen LogP contribution in [0.1, 0.15) is 35.1 Å². The number of nitrogens with one attached hydrogen (secondary N) is 1. The van der Waals surface area contributed by atoms with Gasteiger partial charge in [0, 0.05) is 13.1 Å². The molecule has 1 aliphatic rings. The van der Waals surface area contributed by atoms with Crippen molar-refractivity contribution in [1.82, 2.24) is 10.2 Å². The quantitative estimate of drug-likeness (QED) is 0.866. The van der Waals surface area contributed by atoms with Crippen LogP contribution >= 0.6 is 0 Å². The second-order valence-corrected chi connectivity index (χ2v) is 5.95. The molecule has 0 aliphatic carbocycles. The third kappa shape index (κ3) is 3.88. The molecule has 2 aromatic rings. The van der Waals surface area contributed by atoms with E-state index in [4.69, 9.17) is 4.42 Å². The van der Waals surface area contributed by atoms with Gasteiger partial charge in [0.05, 0.1) is 12.4 Å². The van der Waals surface area contributed by atoms with Gasteiger partial charge in [0.15, 0.2) is 5.76 Å². The minimum absolute atomic E-state index is 0.0102. The van der Waals surface area contributed by atoms with Crippen molar-refractivity contribution in [3.63, 3.8) is 0 Å². The van der Waals surface area contributed by atoms with Crippen LogP contribution in [0.25, 0.3) is 0 Å². The number of likely N-dealkylation sites (tertiary alicyclic amines) is 1. The average Bonchev–Trinajstić information content (AvgIpc) is 3.30. The van der Waals surface area contributed by atoms with Gasteiger partial charge in [-0.1, -0.05) is 12.1 Å². The maximum atomic E-state index is 12.9. The van der Waals surface area contributed by atoms with Crippen molar-refractivity contribution in [1.29, 1.82) is 0 Å². The van der Waals surface area contributed by atoms with Crippen LogP contribution in [-0.2, 0) is 4.79 Å². The second kappa shape index (κ2) is 7.48. The fraction of sp³-hybridized carbons (Fsp3) is 0.333. The highest BCUT2D eigenvalue weighted by atomic mass is 19.1. The smallest absolute Gasteiger partial charge is 0.290 e. The molecule has 1 fully saturated rings. The SMILES string of the molecule is O=C(NCC(O)c1ccc(F)cc1)C1CCCN1C(=O)c1ccco1. The zero-order valence-corrected chi connectivity index (χ0v) is 13.5. The molecule has 1 aromatic heterocycles. The monoisotopic (exact) mass is 346 g/mol. The molecule has 2 heterocycles. The van der Waals surface area contributed by atoms with E-state index in [1.54, 1.807) is 12.1 Å². The Labute approximate surface area is 144 Å². The molecule has 132 valence electrons. The van der Waals surface area contributed by atoms with Gasteiger partial charge in [0.25, 0.3) is 5.91 Å². The first-order valence-corrected chi connectivity index (χ1v) is 8.12. The van der Waals surface area contributed by atoms with Gasteiger partial charge in [0.2, 0.25) is 5.91 Å². The zero-order valence-electron chi connectivity index (χ0n) is 13.5. The van der Waals surface area contributed by atoms with Crippen molar-refractivity contribution in [2.24, 2.45) is 0 Å². The molecule has 0 bridgehead atoms. The minimum Gasteiger partial charge on any atom is -0.459 e. The first kappa shape index (κ1) is 17.2. The van der Waals surface area contributed by atoms with Crippen molar-refractivity contribution >= 4 is 11.8 Å². The number of benzene rings is 1. The summed E-state index contributed by atoms with van der Waals surface area (Å²) >= 11 is 0. The molecule has 1 saturated heterocycles. The average molecular weight is 346 g/mol. The van der Waals surface area contributed by atoms with E-state index < -0.39 is 18.0 Å². The lowest BCUT2D eigenvalue weighted by atomic mass is 10.1. The van der Waals surface area contributed by atoms with Crippen molar-refractivity contribution in [3.8, 4) is 0 Å². The van der Waals surface area contributed by atoms with Gasteiger partial charge in [-0.05, 0) is 42.7 Å². The number of carbonyl (C=O) groups is 2. The summed E-state index contributed by atoms with van der Waals surface area (Å²) in [4.78, 5) is 26.3. The van der Waals surface area contributed by atoms with E-state index in [0.717, 1.165) is 6.42 Å². The van der Waals surface area contributed by atoms with Crippen LogP contribution in [0.2, 0.25) is 0 Å². The molecule has 25 heavy (non-hydrogen) atoms. The van der Waals surface area contributed by atoms with Crippen molar-refractivity contribution in [2.45, 2.75) is 25.0 Å². The van der Waals surface area contributed by atoms with Gasteiger partial charge < -0.3 is 19.7 Å². The number of halogens is 1. The zero-order chi connectivity index (χ0) is 17.8. The highest BCUT2D eigenvalue weighted by molar-refractivity contribution is 5.95. The molecule has 3 rings (SSSR count). The normalized spacial score (nSPS) is 18.2. The molecule has 2 unspecified atom stereocenters. The van der Waals surface area contributed by atoms with Crippen LogP contribution in [0.15, 0.2) is 47.1 Å². The number of aliphatic hydroxyl groups excluding tert-OH is 1. The summed E-state index contributed by atoms with van der Waals surface area (Å²) in [7, 11) is 0. The molecular weight excluding hydrogens is 327 g/mol. The summed E-state index contributed by atoms with van der Waals surface area (Å²) in [6.07, 6.45) is 1.76. The van der Waals surface area contributed by atoms with Crippen LogP contribution in [-0.4, -0.2) is 41.0 Å². The van der Waals surface area contributed by atoms with Gasteiger partial charge >= 0.3 is 0 Å². The van der Waals surface area contributed by atoms with Gasteiger partial charge in [-0.25, -0.2) is 4.39 Å². The Morgan fingerprint density at radius 3 is 2.76 bits per heavy atom. The van der Waals surface area contributed by atoms with Crippen LogP contribution in [0, 0.1) is 5.82 Å². The fourth-order valence-electron chi connectivity index (χ4n) is 2.94. The van der Waals surface area contributed by atoms with Crippen LogP contribution in [0.4, 0.5) is 4.39 Å². The molecule has 7 heteroatoms. The number of hydrogen-bond donors (Lipinski definition) is 2. The van der Waals surface area contributed by atoms with Gasteiger partial charge in [0.1, 0.15) is 11.9 Å². The summed E-state index contributed by atoms with van der Waals surface area (Å²) in [5, 5.41) is 12.8. The Morgan fingerprint density at radius 2 is 2.08 bits per heavy atom. The topological polar surface area (TPSA) is 82.8 Å². The number of nitrogens with zero attached hydrogens (tertiary/aromatic N) is 1. The van der Waals surface area contributed by atoms with Crippen LogP contribution in [0.5, 0.6) is 0 Å². The van der Waals surface area contributed by atoms with Gasteiger partial charge in [-0.3, -0.25) is 9.59 Å².